The van der Waals surface area contributed by atoms with Crippen LogP contribution < -0.4 is 21.3 Å². The van der Waals surface area contributed by atoms with Gasteiger partial charge in [-0.2, -0.15) is 0 Å². The van der Waals surface area contributed by atoms with Gasteiger partial charge in [-0.1, -0.05) is 168 Å². The van der Waals surface area contributed by atoms with Crippen molar-refractivity contribution >= 4 is 40.2 Å². The molecule has 11 rings (SSSR count). The van der Waals surface area contributed by atoms with Crippen molar-refractivity contribution in [2.75, 3.05) is 4.90 Å². The fraction of sp³-hybridized carbons (Fsp3) is 0.0204. The number of anilines is 3. The minimum Gasteiger partial charge on any atom is -0.311 e. The molecule has 0 aromatic heterocycles. The van der Waals surface area contributed by atoms with Gasteiger partial charge in [-0.3, -0.25) is 0 Å². The lowest BCUT2D eigenvalue weighted by atomic mass is 9.32. The lowest BCUT2D eigenvalue weighted by molar-refractivity contribution is 0.775. The Labute approximate surface area is 299 Å². The molecule has 0 radical (unpaired) electrons. The Kier molecular flexibility index (Phi) is 6.03. The summed E-state index contributed by atoms with van der Waals surface area (Å²) in [6, 6.07) is 71.9. The number of nitrogens with zero attached hydrogens (tertiary/aromatic N) is 1. The first-order valence-electron chi connectivity index (χ1n) is 17.9. The standard InChI is InChI=1S/C49H32BN/c1-3-14-35(15-4-1)51(36-16-5-2-6-17-36)37-29-26-33(27-30-37)34-28-31-46-41(32-34)40-20-13-24-45-48(40)50(46)47-25-12-11-23-44(47)49(45)42-21-9-7-18-38(42)39-19-8-10-22-43(39)49/h1-32H. The number of hydrogen-bond acceptors (Lipinski definition) is 1. The maximum atomic E-state index is 2.44. The maximum Gasteiger partial charge on any atom is 0.243 e. The summed E-state index contributed by atoms with van der Waals surface area (Å²) in [5, 5.41) is 0. The number of fused-ring (bicyclic) bond motifs is 12. The summed E-state index contributed by atoms with van der Waals surface area (Å²) < 4.78 is 0. The normalized spacial score (nSPS) is 13.6. The summed E-state index contributed by atoms with van der Waals surface area (Å²) in [5.74, 6) is 0. The van der Waals surface area contributed by atoms with Crippen molar-refractivity contribution in [1.82, 2.24) is 0 Å². The van der Waals surface area contributed by atoms with E-state index in [9.17, 15) is 0 Å². The van der Waals surface area contributed by atoms with E-state index in [0.717, 1.165) is 17.1 Å². The molecular weight excluding hydrogens is 613 g/mol. The van der Waals surface area contributed by atoms with Crippen LogP contribution in [-0.4, -0.2) is 6.71 Å². The van der Waals surface area contributed by atoms with Crippen LogP contribution in [0.5, 0.6) is 0 Å². The highest BCUT2D eigenvalue weighted by atomic mass is 15.1. The Morgan fingerprint density at radius 1 is 0.333 bits per heavy atom. The highest BCUT2D eigenvalue weighted by molar-refractivity contribution is 7.00. The van der Waals surface area contributed by atoms with Crippen LogP contribution in [0.15, 0.2) is 194 Å². The van der Waals surface area contributed by atoms with Crippen molar-refractivity contribution < 1.29 is 0 Å². The molecule has 236 valence electrons. The van der Waals surface area contributed by atoms with E-state index in [-0.39, 0.29) is 12.1 Å². The Morgan fingerprint density at radius 3 is 1.51 bits per heavy atom. The third-order valence-corrected chi connectivity index (χ3v) is 11.6. The Balaban J connectivity index is 1.07. The fourth-order valence-corrected chi connectivity index (χ4v) is 9.59. The van der Waals surface area contributed by atoms with E-state index in [1.165, 1.54) is 72.0 Å². The molecule has 2 aliphatic heterocycles. The van der Waals surface area contributed by atoms with Gasteiger partial charge in [0.25, 0.3) is 0 Å². The molecule has 2 heteroatoms. The molecule has 1 nitrogen and oxygen atoms in total. The molecule has 8 aromatic rings. The monoisotopic (exact) mass is 645 g/mol. The topological polar surface area (TPSA) is 3.24 Å². The first kappa shape index (κ1) is 28.5. The first-order valence-corrected chi connectivity index (χ1v) is 17.9. The molecule has 0 saturated heterocycles. The van der Waals surface area contributed by atoms with Crippen LogP contribution in [0.25, 0.3) is 33.4 Å². The predicted molar refractivity (Wildman–Crippen MR) is 214 cm³/mol. The number of benzene rings is 8. The third-order valence-electron chi connectivity index (χ3n) is 11.6. The highest BCUT2D eigenvalue weighted by Crippen LogP contribution is 2.57. The van der Waals surface area contributed by atoms with E-state index < -0.39 is 0 Å². The summed E-state index contributed by atoms with van der Waals surface area (Å²) in [6.45, 7) is 0.203. The van der Waals surface area contributed by atoms with Gasteiger partial charge in [-0.15, -0.1) is 0 Å². The molecule has 1 spiro atoms. The zero-order valence-corrected chi connectivity index (χ0v) is 28.0. The molecule has 0 N–H and O–H groups in total. The van der Waals surface area contributed by atoms with Gasteiger partial charge in [0.05, 0.1) is 5.41 Å². The van der Waals surface area contributed by atoms with Crippen LogP contribution in [0.4, 0.5) is 17.1 Å². The van der Waals surface area contributed by atoms with Crippen LogP contribution in [0.1, 0.15) is 22.3 Å². The molecular formula is C49H32BN. The molecule has 2 heterocycles. The van der Waals surface area contributed by atoms with Crippen molar-refractivity contribution in [2.24, 2.45) is 0 Å². The second-order valence-electron chi connectivity index (χ2n) is 14.0. The van der Waals surface area contributed by atoms with Crippen molar-refractivity contribution in [3.63, 3.8) is 0 Å². The molecule has 0 saturated carbocycles. The van der Waals surface area contributed by atoms with Crippen molar-refractivity contribution in [1.29, 1.82) is 0 Å². The van der Waals surface area contributed by atoms with E-state index in [4.69, 9.17) is 0 Å². The van der Waals surface area contributed by atoms with Crippen LogP contribution in [0.2, 0.25) is 0 Å². The predicted octanol–water partition coefficient (Wildman–Crippen LogP) is 10.00. The van der Waals surface area contributed by atoms with Crippen LogP contribution in [0, 0.1) is 0 Å². The SMILES string of the molecule is c1ccc(N(c2ccccc2)c2ccc(-c3ccc4c(c3)-c3cccc5c3B4c3ccccc3C53c4ccccc4-c4ccccc43)cc2)cc1. The van der Waals surface area contributed by atoms with E-state index >= 15 is 0 Å². The number of para-hydroxylation sites is 2. The van der Waals surface area contributed by atoms with Gasteiger partial charge in [-0.05, 0) is 98.1 Å². The fourth-order valence-electron chi connectivity index (χ4n) is 9.59. The largest absolute Gasteiger partial charge is 0.311 e. The van der Waals surface area contributed by atoms with Crippen molar-refractivity contribution in [2.45, 2.75) is 5.41 Å². The average Bonchev–Trinajstić information content (AvgIpc) is 3.69. The summed E-state index contributed by atoms with van der Waals surface area (Å²) in [5.41, 5.74) is 20.8. The van der Waals surface area contributed by atoms with Gasteiger partial charge in [0.1, 0.15) is 0 Å². The molecule has 3 aliphatic rings. The summed E-state index contributed by atoms with van der Waals surface area (Å²) in [6.07, 6.45) is 0. The van der Waals surface area contributed by atoms with Gasteiger partial charge in [-0.25, -0.2) is 0 Å². The van der Waals surface area contributed by atoms with E-state index in [2.05, 4.69) is 199 Å². The molecule has 0 atom stereocenters. The number of hydrogen-bond donors (Lipinski definition) is 0. The minimum absolute atomic E-state index is 0.203. The molecule has 0 bridgehead atoms. The third kappa shape index (κ3) is 3.88. The van der Waals surface area contributed by atoms with Gasteiger partial charge in [0.15, 0.2) is 0 Å². The van der Waals surface area contributed by atoms with Crippen LogP contribution in [-0.2, 0) is 5.41 Å². The maximum absolute atomic E-state index is 2.44. The van der Waals surface area contributed by atoms with Crippen molar-refractivity contribution in [3.8, 4) is 33.4 Å². The molecule has 8 aromatic carbocycles. The Hall–Kier alpha value is -6.38. The van der Waals surface area contributed by atoms with Gasteiger partial charge in [0, 0.05) is 17.1 Å². The lowest BCUT2D eigenvalue weighted by Crippen LogP contribution is -2.59. The molecule has 0 unspecified atom stereocenters. The smallest absolute Gasteiger partial charge is 0.243 e. The van der Waals surface area contributed by atoms with Crippen LogP contribution >= 0.6 is 0 Å². The van der Waals surface area contributed by atoms with Gasteiger partial charge in [0.2, 0.25) is 6.71 Å². The Morgan fingerprint density at radius 2 is 0.843 bits per heavy atom. The second kappa shape index (κ2) is 10.8. The molecule has 1 aliphatic carbocycles. The van der Waals surface area contributed by atoms with Crippen LogP contribution in [0.3, 0.4) is 0 Å². The van der Waals surface area contributed by atoms with E-state index in [0.29, 0.717) is 0 Å². The van der Waals surface area contributed by atoms with E-state index in [1.54, 1.807) is 0 Å². The quantitative estimate of drug-likeness (QED) is 0.172. The zero-order chi connectivity index (χ0) is 33.5. The van der Waals surface area contributed by atoms with Gasteiger partial charge < -0.3 is 4.90 Å². The minimum atomic E-state index is -0.351. The van der Waals surface area contributed by atoms with Gasteiger partial charge >= 0.3 is 0 Å². The highest BCUT2D eigenvalue weighted by Gasteiger charge is 2.54. The second-order valence-corrected chi connectivity index (χ2v) is 14.0. The lowest BCUT2D eigenvalue weighted by Gasteiger charge is -2.42. The summed E-state index contributed by atoms with van der Waals surface area (Å²) in [7, 11) is 0. The summed E-state index contributed by atoms with van der Waals surface area (Å²) >= 11 is 0. The molecule has 0 amide bonds. The summed E-state index contributed by atoms with van der Waals surface area (Å²) in [4.78, 5) is 2.32. The molecule has 51 heavy (non-hydrogen) atoms. The average molecular weight is 646 g/mol. The van der Waals surface area contributed by atoms with E-state index in [1.807, 2.05) is 0 Å². The number of rotatable bonds is 4. The Bertz CT molecular complexity index is 2560. The molecule has 0 fully saturated rings. The van der Waals surface area contributed by atoms with Crippen molar-refractivity contribution in [3.05, 3.63) is 216 Å². The first-order chi connectivity index (χ1) is 25.3. The zero-order valence-electron chi connectivity index (χ0n) is 28.0.